The lowest BCUT2D eigenvalue weighted by Gasteiger charge is -2.07. The average Bonchev–Trinajstić information content (AvgIpc) is 2.17. The monoisotopic (exact) mass is 215 g/mol. The highest BCUT2D eigenvalue weighted by Gasteiger charge is 2.16. The molecular weight excluding hydrogens is 206 g/mol. The largest absolute Gasteiger partial charge is 0.494 e. The molecule has 0 N–H and O–H groups in total. The number of esters is 1. The fraction of sp³-hybridized carbons (Fsp3) is 0.333. The molecule has 0 fully saturated rings. The molecule has 0 atom stereocenters. The van der Waals surface area contributed by atoms with E-state index in [2.05, 4.69) is 4.98 Å². The van der Waals surface area contributed by atoms with Crippen LogP contribution in [0.5, 0.6) is 5.75 Å². The van der Waals surface area contributed by atoms with E-state index in [1.807, 2.05) is 0 Å². The highest BCUT2D eigenvalue weighted by Crippen LogP contribution is 2.27. The molecule has 1 aromatic heterocycles. The summed E-state index contributed by atoms with van der Waals surface area (Å²) in [6, 6.07) is 0. The summed E-state index contributed by atoms with van der Waals surface area (Å²) in [4.78, 5) is 15.2. The molecule has 0 saturated heterocycles. The third kappa shape index (κ3) is 2.14. The molecule has 0 radical (unpaired) electrons. The second-order valence-corrected chi connectivity index (χ2v) is 2.83. The van der Waals surface area contributed by atoms with Crippen LogP contribution in [0.15, 0.2) is 12.4 Å². The lowest BCUT2D eigenvalue weighted by molar-refractivity contribution is 0.0522. The van der Waals surface area contributed by atoms with Crippen molar-refractivity contribution in [1.29, 1.82) is 0 Å². The Kier molecular flexibility index (Phi) is 3.71. The van der Waals surface area contributed by atoms with Crippen molar-refractivity contribution < 1.29 is 14.3 Å². The molecule has 4 nitrogen and oxygen atoms in total. The molecule has 0 aromatic carbocycles. The molecule has 76 valence electrons. The van der Waals surface area contributed by atoms with E-state index < -0.39 is 5.97 Å². The van der Waals surface area contributed by atoms with Gasteiger partial charge in [0.15, 0.2) is 5.75 Å². The van der Waals surface area contributed by atoms with Crippen LogP contribution in [0.1, 0.15) is 17.3 Å². The number of rotatable bonds is 3. The van der Waals surface area contributed by atoms with E-state index in [1.54, 1.807) is 6.92 Å². The number of nitrogens with zero attached hydrogens (tertiary/aromatic N) is 1. The topological polar surface area (TPSA) is 48.4 Å². The van der Waals surface area contributed by atoms with Crippen molar-refractivity contribution in [3.63, 3.8) is 0 Å². The minimum atomic E-state index is -0.487. The van der Waals surface area contributed by atoms with Crippen molar-refractivity contribution in [2.45, 2.75) is 6.92 Å². The third-order valence-corrected chi connectivity index (χ3v) is 1.82. The second-order valence-electron chi connectivity index (χ2n) is 2.42. The van der Waals surface area contributed by atoms with E-state index in [1.165, 1.54) is 19.5 Å². The minimum absolute atomic E-state index is 0.238. The highest BCUT2D eigenvalue weighted by atomic mass is 35.5. The van der Waals surface area contributed by atoms with Gasteiger partial charge in [0.05, 0.1) is 13.7 Å². The number of hydrogen-bond acceptors (Lipinski definition) is 4. The summed E-state index contributed by atoms with van der Waals surface area (Å²) in [6.07, 6.45) is 2.77. The zero-order valence-electron chi connectivity index (χ0n) is 7.91. The Balaban J connectivity index is 3.07. The van der Waals surface area contributed by atoms with Gasteiger partial charge in [0.1, 0.15) is 10.6 Å². The Morgan fingerprint density at radius 3 is 2.86 bits per heavy atom. The van der Waals surface area contributed by atoms with Crippen LogP contribution in [0, 0.1) is 0 Å². The minimum Gasteiger partial charge on any atom is -0.494 e. The van der Waals surface area contributed by atoms with Crippen LogP contribution in [-0.4, -0.2) is 24.7 Å². The quantitative estimate of drug-likeness (QED) is 0.723. The first-order chi connectivity index (χ1) is 6.70. The number of ether oxygens (including phenoxy) is 2. The van der Waals surface area contributed by atoms with Crippen LogP contribution >= 0.6 is 11.6 Å². The molecular formula is C9H10ClNO3. The molecule has 0 bridgehead atoms. The fourth-order valence-electron chi connectivity index (χ4n) is 0.985. The fourth-order valence-corrected chi connectivity index (χ4v) is 1.22. The first-order valence-corrected chi connectivity index (χ1v) is 4.43. The lowest BCUT2D eigenvalue weighted by atomic mass is 10.2. The number of aromatic nitrogens is 1. The normalized spacial score (nSPS) is 9.64. The maximum atomic E-state index is 11.4. The van der Waals surface area contributed by atoms with Crippen LogP contribution in [0.4, 0.5) is 0 Å². The molecule has 0 spiro atoms. The van der Waals surface area contributed by atoms with Gasteiger partial charge >= 0.3 is 5.97 Å². The standard InChI is InChI=1S/C9H10ClNO3/c1-3-14-9(12)6-4-11-5-7(10)8(6)13-2/h4-5H,3H2,1-2H3. The lowest BCUT2D eigenvalue weighted by Crippen LogP contribution is -2.07. The summed E-state index contributed by atoms with van der Waals surface area (Å²) in [5.41, 5.74) is 0.238. The van der Waals surface area contributed by atoms with Gasteiger partial charge < -0.3 is 9.47 Å². The van der Waals surface area contributed by atoms with Crippen LogP contribution < -0.4 is 4.74 Å². The van der Waals surface area contributed by atoms with Crippen molar-refractivity contribution in [3.05, 3.63) is 23.0 Å². The van der Waals surface area contributed by atoms with Crippen LogP contribution in [0.3, 0.4) is 0 Å². The summed E-state index contributed by atoms with van der Waals surface area (Å²) in [5, 5.41) is 0.290. The summed E-state index contributed by atoms with van der Waals surface area (Å²) >= 11 is 5.78. The number of hydrogen-bond donors (Lipinski definition) is 0. The van der Waals surface area contributed by atoms with Gasteiger partial charge in [-0.1, -0.05) is 11.6 Å². The van der Waals surface area contributed by atoms with Gasteiger partial charge in [0.2, 0.25) is 0 Å². The van der Waals surface area contributed by atoms with Gasteiger partial charge in [-0.15, -0.1) is 0 Å². The summed E-state index contributed by atoms with van der Waals surface area (Å²) < 4.78 is 9.78. The molecule has 5 heteroatoms. The van der Waals surface area contributed by atoms with Crippen molar-refractivity contribution >= 4 is 17.6 Å². The molecule has 1 aromatic rings. The van der Waals surface area contributed by atoms with Gasteiger partial charge in [0.25, 0.3) is 0 Å². The van der Waals surface area contributed by atoms with E-state index in [9.17, 15) is 4.79 Å². The van der Waals surface area contributed by atoms with Crippen molar-refractivity contribution in [2.24, 2.45) is 0 Å². The Hall–Kier alpha value is -1.29. The molecule has 1 heterocycles. The van der Waals surface area contributed by atoms with Crippen LogP contribution in [0.2, 0.25) is 5.02 Å². The van der Waals surface area contributed by atoms with E-state index in [0.717, 1.165) is 0 Å². The van der Waals surface area contributed by atoms with E-state index in [4.69, 9.17) is 21.1 Å². The van der Waals surface area contributed by atoms with E-state index >= 15 is 0 Å². The number of pyridine rings is 1. The maximum Gasteiger partial charge on any atom is 0.343 e. The van der Waals surface area contributed by atoms with Crippen molar-refractivity contribution in [1.82, 2.24) is 4.98 Å². The zero-order chi connectivity index (χ0) is 10.6. The van der Waals surface area contributed by atoms with E-state index in [-0.39, 0.29) is 10.6 Å². The van der Waals surface area contributed by atoms with Gasteiger partial charge in [-0.2, -0.15) is 0 Å². The molecule has 0 saturated carbocycles. The van der Waals surface area contributed by atoms with Gasteiger partial charge in [0, 0.05) is 12.4 Å². The predicted octanol–water partition coefficient (Wildman–Crippen LogP) is 1.92. The average molecular weight is 216 g/mol. The summed E-state index contributed by atoms with van der Waals surface area (Å²) in [6.45, 7) is 2.02. The highest BCUT2D eigenvalue weighted by molar-refractivity contribution is 6.32. The molecule has 0 aliphatic heterocycles. The Morgan fingerprint density at radius 1 is 1.57 bits per heavy atom. The van der Waals surface area contributed by atoms with Gasteiger partial charge in [-0.05, 0) is 6.92 Å². The number of carbonyl (C=O) groups excluding carboxylic acids is 1. The van der Waals surface area contributed by atoms with Gasteiger partial charge in [-0.25, -0.2) is 4.79 Å². The SMILES string of the molecule is CCOC(=O)c1cncc(Cl)c1OC. The smallest absolute Gasteiger partial charge is 0.343 e. The summed E-state index contributed by atoms with van der Waals surface area (Å²) in [7, 11) is 1.43. The maximum absolute atomic E-state index is 11.4. The molecule has 0 aliphatic rings. The second kappa shape index (κ2) is 4.81. The molecule has 0 amide bonds. The number of halogens is 1. The third-order valence-electron chi connectivity index (χ3n) is 1.55. The van der Waals surface area contributed by atoms with Crippen LogP contribution in [-0.2, 0) is 4.74 Å². The van der Waals surface area contributed by atoms with E-state index in [0.29, 0.717) is 12.4 Å². The first-order valence-electron chi connectivity index (χ1n) is 4.05. The Bertz CT molecular complexity index is 341. The van der Waals surface area contributed by atoms with Gasteiger partial charge in [-0.3, -0.25) is 4.98 Å². The Labute approximate surface area is 86.8 Å². The predicted molar refractivity (Wildman–Crippen MR) is 51.8 cm³/mol. The molecule has 14 heavy (non-hydrogen) atoms. The summed E-state index contributed by atoms with van der Waals surface area (Å²) in [5.74, 6) is -0.195. The molecule has 0 unspecified atom stereocenters. The number of methoxy groups -OCH3 is 1. The van der Waals surface area contributed by atoms with Crippen LogP contribution in [0.25, 0.3) is 0 Å². The first kappa shape index (κ1) is 10.8. The van der Waals surface area contributed by atoms with Crippen molar-refractivity contribution in [2.75, 3.05) is 13.7 Å². The zero-order valence-corrected chi connectivity index (χ0v) is 8.67. The molecule has 0 aliphatic carbocycles. The molecule has 1 rings (SSSR count). The van der Waals surface area contributed by atoms with Crippen molar-refractivity contribution in [3.8, 4) is 5.75 Å². The Morgan fingerprint density at radius 2 is 2.29 bits per heavy atom. The number of carbonyl (C=O) groups is 1.